The molecule has 2 N–H and O–H groups in total. The van der Waals surface area contributed by atoms with Gasteiger partial charge in [-0.3, -0.25) is 19.5 Å². The van der Waals surface area contributed by atoms with Crippen LogP contribution >= 0.6 is 0 Å². The van der Waals surface area contributed by atoms with Gasteiger partial charge in [0.1, 0.15) is 0 Å². The molecule has 2 saturated heterocycles. The van der Waals surface area contributed by atoms with E-state index >= 15 is 0 Å². The molecule has 14 heteroatoms. The normalized spacial score (nSPS) is 21.5. The van der Waals surface area contributed by atoms with E-state index in [-0.39, 0.29) is 40.7 Å². The van der Waals surface area contributed by atoms with Gasteiger partial charge < -0.3 is 10.4 Å². The van der Waals surface area contributed by atoms with Gasteiger partial charge in [-0.2, -0.15) is 26.3 Å². The van der Waals surface area contributed by atoms with Crippen molar-refractivity contribution in [1.82, 2.24) is 25.2 Å². The molecule has 2 aliphatic heterocycles. The number of nitrogens with one attached hydrogen (secondary N) is 1. The molecule has 8 nitrogen and oxygen atoms in total. The minimum absolute atomic E-state index is 0.0184. The van der Waals surface area contributed by atoms with Crippen molar-refractivity contribution in [3.8, 4) is 11.3 Å². The van der Waals surface area contributed by atoms with Crippen LogP contribution in [0.3, 0.4) is 0 Å². The summed E-state index contributed by atoms with van der Waals surface area (Å²) in [5.74, 6) is -1.54. The monoisotopic (exact) mass is 533 g/mol. The van der Waals surface area contributed by atoms with Crippen LogP contribution in [-0.2, 0) is 28.5 Å². The van der Waals surface area contributed by atoms with Crippen molar-refractivity contribution in [1.29, 1.82) is 0 Å². The van der Waals surface area contributed by atoms with Gasteiger partial charge in [0.2, 0.25) is 11.7 Å². The van der Waals surface area contributed by atoms with Crippen LogP contribution in [-0.4, -0.2) is 55.0 Å². The summed E-state index contributed by atoms with van der Waals surface area (Å²) >= 11 is 0. The van der Waals surface area contributed by atoms with Crippen molar-refractivity contribution in [3.63, 3.8) is 0 Å². The first kappa shape index (κ1) is 28.3. The first-order valence-corrected chi connectivity index (χ1v) is 11.2. The Hall–Kier alpha value is -3.29. The van der Waals surface area contributed by atoms with E-state index in [4.69, 9.17) is 9.90 Å². The Morgan fingerprint density at radius 2 is 1.62 bits per heavy atom. The number of pyridine rings is 1. The second kappa shape index (κ2) is 10.2. The highest BCUT2D eigenvalue weighted by molar-refractivity contribution is 5.83. The van der Waals surface area contributed by atoms with E-state index in [1.54, 1.807) is 0 Å². The van der Waals surface area contributed by atoms with Gasteiger partial charge in [-0.1, -0.05) is 0 Å². The lowest BCUT2D eigenvalue weighted by atomic mass is 9.82. The maximum Gasteiger partial charge on any atom is 0.451 e. The molecule has 3 aliphatic rings. The number of carboxylic acid groups (broad SMARTS) is 1. The third-order valence-corrected chi connectivity index (χ3v) is 6.28. The zero-order valence-electron chi connectivity index (χ0n) is 20.1. The number of halogens is 6. The van der Waals surface area contributed by atoms with Crippen molar-refractivity contribution >= 4 is 12.4 Å². The Balaban J connectivity index is 0.00000121. The van der Waals surface area contributed by atoms with Crippen LogP contribution in [0.25, 0.3) is 11.3 Å². The second-order valence-electron chi connectivity index (χ2n) is 9.75. The molecule has 5 rings (SSSR count). The highest BCUT2D eigenvalue weighted by Crippen LogP contribution is 2.49. The maximum atomic E-state index is 13.6. The van der Waals surface area contributed by atoms with Gasteiger partial charge in [-0.25, -0.2) is 9.97 Å². The fraction of sp³-hybridized carbons (Fsp3) is 0.522. The van der Waals surface area contributed by atoms with Gasteiger partial charge >= 0.3 is 12.4 Å². The summed E-state index contributed by atoms with van der Waals surface area (Å²) in [5.41, 5.74) is -1.57. The third kappa shape index (κ3) is 6.17. The van der Waals surface area contributed by atoms with Gasteiger partial charge in [0, 0.05) is 42.3 Å². The van der Waals surface area contributed by atoms with Crippen LogP contribution in [0.1, 0.15) is 50.6 Å². The molecule has 37 heavy (non-hydrogen) atoms. The number of alkyl halides is 6. The molecule has 2 aromatic heterocycles. The molecule has 1 saturated carbocycles. The van der Waals surface area contributed by atoms with Crippen LogP contribution < -0.4 is 5.32 Å². The summed E-state index contributed by atoms with van der Waals surface area (Å²) in [5, 5.41) is 9.52. The second-order valence-corrected chi connectivity index (χ2v) is 9.75. The summed E-state index contributed by atoms with van der Waals surface area (Å²) in [7, 11) is 0. The van der Waals surface area contributed by atoms with Crippen molar-refractivity contribution in [2.45, 2.75) is 70.1 Å². The van der Waals surface area contributed by atoms with Crippen LogP contribution in [0.4, 0.5) is 26.3 Å². The molecule has 4 heterocycles. The van der Waals surface area contributed by atoms with E-state index in [0.717, 1.165) is 31.3 Å². The number of rotatable bonds is 4. The quantitative estimate of drug-likeness (QED) is 0.449. The molecule has 1 amide bonds. The van der Waals surface area contributed by atoms with E-state index in [2.05, 4.69) is 25.2 Å². The molecule has 0 spiro atoms. The van der Waals surface area contributed by atoms with Crippen molar-refractivity contribution in [2.75, 3.05) is 0 Å². The first-order valence-electron chi connectivity index (χ1n) is 11.2. The topological polar surface area (TPSA) is 108 Å². The van der Waals surface area contributed by atoms with Crippen LogP contribution in [0.15, 0.2) is 24.7 Å². The largest absolute Gasteiger partial charge is 0.483 e. The Bertz CT molecular complexity index is 1130. The fourth-order valence-corrected chi connectivity index (χ4v) is 4.82. The molecule has 1 aliphatic carbocycles. The molecular weight excluding hydrogens is 508 g/mol. The number of hydrogen-bond donors (Lipinski definition) is 2. The lowest BCUT2D eigenvalue weighted by molar-refractivity contribution is -0.145. The Labute approximate surface area is 208 Å². The summed E-state index contributed by atoms with van der Waals surface area (Å²) in [6, 6.07) is 0.966. The van der Waals surface area contributed by atoms with E-state index in [1.807, 2.05) is 20.8 Å². The summed E-state index contributed by atoms with van der Waals surface area (Å²) in [4.78, 5) is 33.6. The Kier molecular flexibility index (Phi) is 7.82. The number of amides is 1. The number of nitrogens with zero attached hydrogens (tertiary/aromatic N) is 4. The predicted octanol–water partition coefficient (Wildman–Crippen LogP) is 4.15. The van der Waals surface area contributed by atoms with Crippen molar-refractivity contribution in [3.05, 3.63) is 41.6 Å². The first-order chi connectivity index (χ1) is 17.1. The maximum absolute atomic E-state index is 13.6. The van der Waals surface area contributed by atoms with E-state index < -0.39 is 36.3 Å². The number of carbonyl (C=O) groups is 2. The number of carbonyl (C=O) groups excluding carboxylic acids is 1. The highest BCUT2D eigenvalue weighted by Gasteiger charge is 2.56. The lowest BCUT2D eigenvalue weighted by Crippen LogP contribution is -2.51. The minimum Gasteiger partial charge on any atom is -0.483 e. The van der Waals surface area contributed by atoms with Crippen LogP contribution in [0, 0.1) is 5.92 Å². The zero-order chi connectivity index (χ0) is 27.8. The fourth-order valence-electron chi connectivity index (χ4n) is 4.82. The molecule has 3 fully saturated rings. The van der Waals surface area contributed by atoms with Crippen LogP contribution in [0.5, 0.6) is 0 Å². The zero-order valence-corrected chi connectivity index (χ0v) is 20.1. The van der Waals surface area contributed by atoms with Crippen molar-refractivity contribution in [2.24, 2.45) is 5.92 Å². The van der Waals surface area contributed by atoms with E-state index in [1.165, 1.54) is 0 Å². The average molecular weight is 533 g/mol. The van der Waals surface area contributed by atoms with E-state index in [0.29, 0.717) is 12.2 Å². The molecule has 0 aromatic carbocycles. The Morgan fingerprint density at radius 3 is 2.11 bits per heavy atom. The minimum atomic E-state index is -4.75. The molecule has 0 radical (unpaired) electrons. The van der Waals surface area contributed by atoms with Gasteiger partial charge in [-0.05, 0) is 51.2 Å². The number of fused-ring (bicyclic) bond motifs is 1. The third-order valence-electron chi connectivity index (χ3n) is 6.28. The molecule has 1 unspecified atom stereocenters. The van der Waals surface area contributed by atoms with Gasteiger partial charge in [0.15, 0.2) is 0 Å². The van der Waals surface area contributed by atoms with Crippen LogP contribution in [0.2, 0.25) is 0 Å². The number of aromatic nitrogens is 3. The predicted molar refractivity (Wildman–Crippen MR) is 118 cm³/mol. The summed E-state index contributed by atoms with van der Waals surface area (Å²) < 4.78 is 78.8. The Morgan fingerprint density at radius 1 is 1.05 bits per heavy atom. The molecule has 2 aromatic rings. The van der Waals surface area contributed by atoms with Gasteiger partial charge in [-0.15, -0.1) is 0 Å². The smallest absolute Gasteiger partial charge is 0.451 e. The molecule has 2 bridgehead atoms. The molecule has 202 valence electrons. The standard InChI is InChI=1S/C22H23F6N5O.CH2O2/c1-20(2,3)33-14-4-11(5-14)17(33)18(34)30-7-12-6-16(29-10-15(12)21(23,24)25)13-8-31-19(32-9-13)22(26,27)28;2-1-3/h6,8-11,14,17H,4-5,7H2,1-3H3,(H,30,34);1H,(H,2,3). The molecular formula is C23H25F6N5O3. The van der Waals surface area contributed by atoms with E-state index in [9.17, 15) is 31.1 Å². The SMILES string of the molecule is CC(C)(C)N1C2CC(C2)C1C(=O)NCc1cc(-c2cnc(C(F)(F)F)nc2)ncc1C(F)(F)F.O=CO. The lowest BCUT2D eigenvalue weighted by Gasteiger charge is -2.37. The van der Waals surface area contributed by atoms with Crippen molar-refractivity contribution < 1.29 is 41.0 Å². The average Bonchev–Trinajstić information content (AvgIpc) is 3.34. The molecule has 1 atom stereocenters. The van der Waals surface area contributed by atoms with Gasteiger partial charge in [0.25, 0.3) is 6.47 Å². The van der Waals surface area contributed by atoms with Gasteiger partial charge in [0.05, 0.1) is 17.3 Å². The summed E-state index contributed by atoms with van der Waals surface area (Å²) in [6.45, 7) is 5.33. The highest BCUT2D eigenvalue weighted by atomic mass is 19.4. The summed E-state index contributed by atoms with van der Waals surface area (Å²) in [6.07, 6.45) is -5.41. The number of hydrogen-bond acceptors (Lipinski definition) is 6.